The van der Waals surface area contributed by atoms with E-state index in [0.29, 0.717) is 11.3 Å². The Morgan fingerprint density at radius 3 is 2.56 bits per heavy atom. The molecule has 6 nitrogen and oxygen atoms in total. The summed E-state index contributed by atoms with van der Waals surface area (Å²) in [6, 6.07) is 15.7. The van der Waals surface area contributed by atoms with Gasteiger partial charge < -0.3 is 10.6 Å². The Bertz CT molecular complexity index is 840. The fourth-order valence-corrected chi connectivity index (χ4v) is 3.26. The maximum absolute atomic E-state index is 12.7. The maximum atomic E-state index is 12.7. The molecule has 0 aromatic heterocycles. The molecule has 2 aromatic carbocycles. The lowest BCUT2D eigenvalue weighted by atomic mass is 9.92. The van der Waals surface area contributed by atoms with Gasteiger partial charge in [-0.3, -0.25) is 14.5 Å². The minimum Gasteiger partial charge on any atom is -0.324 e. The standard InChI is InChI=1S/C18H16IN3O3/c1-18(12-6-3-2-4-7-12)16(24)22(17(25)21-18)11-15(23)20-14-9-5-8-13(19)10-14/h2-10H,11H2,1H3,(H,20,23)(H,21,25)/t18-/m0/s1. The highest BCUT2D eigenvalue weighted by Crippen LogP contribution is 2.28. The van der Waals surface area contributed by atoms with Gasteiger partial charge in [-0.1, -0.05) is 36.4 Å². The minimum atomic E-state index is -1.17. The number of imide groups is 1. The largest absolute Gasteiger partial charge is 0.325 e. The SMILES string of the molecule is C[C@@]1(c2ccccc2)NC(=O)N(CC(=O)Nc2cccc(I)c2)C1=O. The van der Waals surface area contributed by atoms with Gasteiger partial charge in [0.1, 0.15) is 12.1 Å². The number of amides is 4. The molecule has 0 saturated carbocycles. The molecule has 25 heavy (non-hydrogen) atoms. The molecule has 1 heterocycles. The van der Waals surface area contributed by atoms with Crippen LogP contribution in [0.4, 0.5) is 10.5 Å². The van der Waals surface area contributed by atoms with Gasteiger partial charge in [0.25, 0.3) is 5.91 Å². The van der Waals surface area contributed by atoms with E-state index in [0.717, 1.165) is 8.47 Å². The second-order valence-corrected chi connectivity index (χ2v) is 7.12. The highest BCUT2D eigenvalue weighted by Gasteiger charge is 2.49. The Labute approximate surface area is 158 Å². The number of nitrogens with one attached hydrogen (secondary N) is 2. The van der Waals surface area contributed by atoms with E-state index in [1.54, 1.807) is 43.3 Å². The fraction of sp³-hybridized carbons (Fsp3) is 0.167. The van der Waals surface area contributed by atoms with Gasteiger partial charge in [-0.2, -0.15) is 0 Å². The summed E-state index contributed by atoms with van der Waals surface area (Å²) < 4.78 is 0.974. The number of hydrogen-bond acceptors (Lipinski definition) is 3. The molecule has 1 saturated heterocycles. The van der Waals surface area contributed by atoms with Crippen molar-refractivity contribution in [1.29, 1.82) is 0 Å². The number of carbonyl (C=O) groups excluding carboxylic acids is 3. The Hall–Kier alpha value is -2.42. The zero-order valence-corrected chi connectivity index (χ0v) is 15.6. The number of benzene rings is 2. The summed E-state index contributed by atoms with van der Waals surface area (Å²) in [5.41, 5.74) is 0.129. The van der Waals surface area contributed by atoms with Crippen LogP contribution in [0, 0.1) is 3.57 Å². The normalized spacial score (nSPS) is 19.7. The van der Waals surface area contributed by atoms with Crippen LogP contribution in [-0.4, -0.2) is 29.3 Å². The van der Waals surface area contributed by atoms with E-state index in [9.17, 15) is 14.4 Å². The zero-order valence-electron chi connectivity index (χ0n) is 13.5. The molecule has 4 amide bonds. The van der Waals surface area contributed by atoms with Crippen LogP contribution in [0.15, 0.2) is 54.6 Å². The predicted molar refractivity (Wildman–Crippen MR) is 102 cm³/mol. The van der Waals surface area contributed by atoms with E-state index in [1.165, 1.54) is 0 Å². The van der Waals surface area contributed by atoms with E-state index in [1.807, 2.05) is 18.2 Å². The summed E-state index contributed by atoms with van der Waals surface area (Å²) in [5, 5.41) is 5.38. The average Bonchev–Trinajstić information content (AvgIpc) is 2.80. The van der Waals surface area contributed by atoms with Crippen LogP contribution in [0.2, 0.25) is 0 Å². The first-order valence-electron chi connectivity index (χ1n) is 7.65. The van der Waals surface area contributed by atoms with Crippen LogP contribution < -0.4 is 10.6 Å². The van der Waals surface area contributed by atoms with Crippen LogP contribution in [0.1, 0.15) is 12.5 Å². The molecule has 0 radical (unpaired) electrons. The number of urea groups is 1. The lowest BCUT2D eigenvalue weighted by molar-refractivity contribution is -0.133. The molecule has 0 unspecified atom stereocenters. The van der Waals surface area contributed by atoms with Crippen molar-refractivity contribution in [2.45, 2.75) is 12.5 Å². The van der Waals surface area contributed by atoms with Crippen molar-refractivity contribution in [2.24, 2.45) is 0 Å². The highest BCUT2D eigenvalue weighted by atomic mass is 127. The first-order chi connectivity index (χ1) is 11.9. The Kier molecular flexibility index (Phi) is 4.76. The molecule has 0 spiro atoms. The fourth-order valence-electron chi connectivity index (χ4n) is 2.72. The number of rotatable bonds is 4. The van der Waals surface area contributed by atoms with Crippen molar-refractivity contribution in [3.8, 4) is 0 Å². The van der Waals surface area contributed by atoms with E-state index >= 15 is 0 Å². The number of hydrogen-bond donors (Lipinski definition) is 2. The quantitative estimate of drug-likeness (QED) is 0.557. The van der Waals surface area contributed by atoms with E-state index < -0.39 is 23.4 Å². The van der Waals surface area contributed by atoms with Gasteiger partial charge in [0, 0.05) is 9.26 Å². The van der Waals surface area contributed by atoms with Crippen molar-refractivity contribution in [2.75, 3.05) is 11.9 Å². The molecule has 1 aliphatic heterocycles. The molecule has 7 heteroatoms. The van der Waals surface area contributed by atoms with Crippen molar-refractivity contribution in [3.05, 3.63) is 63.7 Å². The second-order valence-electron chi connectivity index (χ2n) is 5.87. The maximum Gasteiger partial charge on any atom is 0.325 e. The van der Waals surface area contributed by atoms with Gasteiger partial charge in [0.05, 0.1) is 0 Å². The molecule has 128 valence electrons. The van der Waals surface area contributed by atoms with Gasteiger partial charge >= 0.3 is 6.03 Å². The van der Waals surface area contributed by atoms with Gasteiger partial charge in [-0.25, -0.2) is 4.79 Å². The van der Waals surface area contributed by atoms with Crippen LogP contribution in [0.5, 0.6) is 0 Å². The lowest BCUT2D eigenvalue weighted by Crippen LogP contribution is -2.42. The molecule has 2 N–H and O–H groups in total. The van der Waals surface area contributed by atoms with Crippen LogP contribution in [0.3, 0.4) is 0 Å². The topological polar surface area (TPSA) is 78.5 Å². The van der Waals surface area contributed by atoms with Crippen LogP contribution >= 0.6 is 22.6 Å². The molecule has 1 atom stereocenters. The van der Waals surface area contributed by atoms with Gasteiger partial charge in [0.2, 0.25) is 5.91 Å². The summed E-state index contributed by atoms with van der Waals surface area (Å²) in [7, 11) is 0. The van der Waals surface area contributed by atoms with Gasteiger partial charge in [-0.15, -0.1) is 0 Å². The number of nitrogens with zero attached hydrogens (tertiary/aromatic N) is 1. The first-order valence-corrected chi connectivity index (χ1v) is 8.73. The molecule has 1 fully saturated rings. The summed E-state index contributed by atoms with van der Waals surface area (Å²) in [6.45, 7) is 1.30. The van der Waals surface area contributed by atoms with Gasteiger partial charge in [-0.05, 0) is 53.3 Å². The highest BCUT2D eigenvalue weighted by molar-refractivity contribution is 14.1. The lowest BCUT2D eigenvalue weighted by Gasteiger charge is -2.22. The van der Waals surface area contributed by atoms with Crippen LogP contribution in [0.25, 0.3) is 0 Å². The van der Waals surface area contributed by atoms with Crippen molar-refractivity contribution < 1.29 is 14.4 Å². The third kappa shape index (κ3) is 3.51. The van der Waals surface area contributed by atoms with Crippen molar-refractivity contribution in [3.63, 3.8) is 0 Å². The monoisotopic (exact) mass is 449 g/mol. The minimum absolute atomic E-state index is 0.335. The predicted octanol–water partition coefficient (Wildman–Crippen LogP) is 2.70. The second kappa shape index (κ2) is 6.83. The molecule has 2 aromatic rings. The number of carbonyl (C=O) groups is 3. The molecule has 0 aliphatic carbocycles. The zero-order chi connectivity index (χ0) is 18.0. The summed E-state index contributed by atoms with van der Waals surface area (Å²) >= 11 is 2.14. The molecular weight excluding hydrogens is 433 g/mol. The first kappa shape index (κ1) is 17.4. The third-order valence-electron chi connectivity index (χ3n) is 4.04. The Morgan fingerprint density at radius 1 is 1.16 bits per heavy atom. The average molecular weight is 449 g/mol. The van der Waals surface area contributed by atoms with E-state index in [-0.39, 0.29) is 6.54 Å². The molecular formula is C18H16IN3O3. The smallest absolute Gasteiger partial charge is 0.324 e. The molecule has 3 rings (SSSR count). The number of anilines is 1. The Balaban J connectivity index is 1.74. The summed E-state index contributed by atoms with van der Waals surface area (Å²) in [5.74, 6) is -0.871. The summed E-state index contributed by atoms with van der Waals surface area (Å²) in [6.07, 6.45) is 0. The molecule has 0 bridgehead atoms. The summed E-state index contributed by atoms with van der Waals surface area (Å²) in [4.78, 5) is 38.1. The third-order valence-corrected chi connectivity index (χ3v) is 4.71. The Morgan fingerprint density at radius 2 is 1.88 bits per heavy atom. The van der Waals surface area contributed by atoms with Gasteiger partial charge in [0.15, 0.2) is 0 Å². The van der Waals surface area contributed by atoms with E-state index in [2.05, 4.69) is 33.2 Å². The molecule has 1 aliphatic rings. The van der Waals surface area contributed by atoms with E-state index in [4.69, 9.17) is 0 Å². The van der Waals surface area contributed by atoms with Crippen LogP contribution in [-0.2, 0) is 15.1 Å². The number of halogens is 1. The van der Waals surface area contributed by atoms with Crippen molar-refractivity contribution >= 4 is 46.1 Å². The van der Waals surface area contributed by atoms with Crippen molar-refractivity contribution in [1.82, 2.24) is 10.2 Å².